The Morgan fingerprint density at radius 1 is 1.27 bits per heavy atom. The fraction of sp³-hybridized carbons (Fsp3) is 0.435. The third-order valence-electron chi connectivity index (χ3n) is 6.11. The molecule has 174 valence electrons. The molecule has 1 aliphatic heterocycles. The van der Waals surface area contributed by atoms with Crippen LogP contribution in [0.25, 0.3) is 0 Å². The molecule has 1 aromatic carbocycles. The highest BCUT2D eigenvalue weighted by atomic mass is 16.6. The summed E-state index contributed by atoms with van der Waals surface area (Å²) in [6.07, 6.45) is 4.64. The van der Waals surface area contributed by atoms with Crippen LogP contribution in [0.3, 0.4) is 0 Å². The lowest BCUT2D eigenvalue weighted by Gasteiger charge is -2.32. The van der Waals surface area contributed by atoms with Gasteiger partial charge in [-0.15, -0.1) is 0 Å². The van der Waals surface area contributed by atoms with Gasteiger partial charge >= 0.3 is 0 Å². The van der Waals surface area contributed by atoms with Crippen LogP contribution in [0.4, 0.5) is 5.69 Å². The predicted molar refractivity (Wildman–Crippen MR) is 118 cm³/mol. The molecule has 1 aromatic heterocycles. The molecule has 10 nitrogen and oxygen atoms in total. The van der Waals surface area contributed by atoms with E-state index in [0.717, 1.165) is 19.3 Å². The van der Waals surface area contributed by atoms with Gasteiger partial charge in [-0.3, -0.25) is 19.7 Å². The quantitative estimate of drug-likeness (QED) is 0.424. The fourth-order valence-corrected chi connectivity index (χ4v) is 4.01. The van der Waals surface area contributed by atoms with E-state index in [1.54, 1.807) is 36.3 Å². The van der Waals surface area contributed by atoms with Gasteiger partial charge in [0.05, 0.1) is 23.5 Å². The lowest BCUT2D eigenvalue weighted by molar-refractivity contribution is -0.384. The van der Waals surface area contributed by atoms with Gasteiger partial charge in [0.15, 0.2) is 0 Å². The number of hydrazone groups is 1. The SMILES string of the molecule is COCCN(CC(=O)N1N=C(c2ccc([N+](=O)[O-])cc2)C[C@H]1c1ccco1)C(=O)C1CCC1. The van der Waals surface area contributed by atoms with E-state index in [4.69, 9.17) is 9.15 Å². The van der Waals surface area contributed by atoms with Gasteiger partial charge in [0.25, 0.3) is 11.6 Å². The van der Waals surface area contributed by atoms with Crippen LogP contribution in [0.1, 0.15) is 43.0 Å². The molecule has 1 aliphatic carbocycles. The zero-order valence-electron chi connectivity index (χ0n) is 18.4. The van der Waals surface area contributed by atoms with E-state index in [1.807, 2.05) is 0 Å². The van der Waals surface area contributed by atoms with Crippen molar-refractivity contribution in [2.24, 2.45) is 11.0 Å². The molecule has 2 amide bonds. The standard InChI is InChI=1S/C23H26N4O6/c1-32-13-11-25(23(29)17-4-2-5-17)15-22(28)26-20(21-6-3-12-33-21)14-19(24-26)16-7-9-18(10-8-16)27(30)31/h3,6-10,12,17,20H,2,4-5,11,13-15H2,1H3/t20-/m0/s1. The molecular weight excluding hydrogens is 428 g/mol. The zero-order chi connectivity index (χ0) is 23.4. The van der Waals surface area contributed by atoms with Gasteiger partial charge in [-0.1, -0.05) is 6.42 Å². The Balaban J connectivity index is 1.56. The maximum atomic E-state index is 13.3. The van der Waals surface area contributed by atoms with Crippen molar-refractivity contribution >= 4 is 23.2 Å². The van der Waals surface area contributed by atoms with Gasteiger partial charge in [-0.25, -0.2) is 5.01 Å². The van der Waals surface area contributed by atoms with Gasteiger partial charge in [0.1, 0.15) is 18.3 Å². The lowest BCUT2D eigenvalue weighted by atomic mass is 9.84. The average molecular weight is 454 g/mol. The first-order valence-electron chi connectivity index (χ1n) is 10.9. The topological polar surface area (TPSA) is 118 Å². The van der Waals surface area contributed by atoms with Crippen molar-refractivity contribution < 1.29 is 23.7 Å². The average Bonchev–Trinajstić information content (AvgIpc) is 3.45. The first-order chi connectivity index (χ1) is 16.0. The monoisotopic (exact) mass is 454 g/mol. The molecule has 2 heterocycles. The Kier molecular flexibility index (Phi) is 6.83. The van der Waals surface area contributed by atoms with Crippen LogP contribution in [0, 0.1) is 16.0 Å². The number of furan rings is 1. The van der Waals surface area contributed by atoms with E-state index < -0.39 is 11.0 Å². The second-order valence-electron chi connectivity index (χ2n) is 8.20. The summed E-state index contributed by atoms with van der Waals surface area (Å²) >= 11 is 0. The number of carbonyl (C=O) groups is 2. The molecule has 0 N–H and O–H groups in total. The Morgan fingerprint density at radius 3 is 2.61 bits per heavy atom. The molecule has 0 radical (unpaired) electrons. The largest absolute Gasteiger partial charge is 0.467 e. The van der Waals surface area contributed by atoms with Crippen LogP contribution in [-0.4, -0.2) is 59.2 Å². The molecule has 1 saturated carbocycles. The van der Waals surface area contributed by atoms with Gasteiger partial charge in [-0.05, 0) is 42.7 Å². The number of benzene rings is 1. The summed E-state index contributed by atoms with van der Waals surface area (Å²) in [6, 6.07) is 9.13. The molecule has 1 atom stereocenters. The summed E-state index contributed by atoms with van der Waals surface area (Å²) in [4.78, 5) is 38.2. The van der Waals surface area contributed by atoms with Crippen molar-refractivity contribution in [1.29, 1.82) is 0 Å². The highest BCUT2D eigenvalue weighted by Crippen LogP contribution is 2.34. The third-order valence-corrected chi connectivity index (χ3v) is 6.11. The number of rotatable bonds is 9. The predicted octanol–water partition coefficient (Wildman–Crippen LogP) is 3.14. The number of nitro benzene ring substituents is 1. The number of methoxy groups -OCH3 is 1. The summed E-state index contributed by atoms with van der Waals surface area (Å²) in [6.45, 7) is 0.563. The Bertz CT molecular complexity index is 1030. The third kappa shape index (κ3) is 4.95. The second kappa shape index (κ2) is 9.95. The van der Waals surface area contributed by atoms with Crippen LogP contribution in [-0.2, 0) is 14.3 Å². The summed E-state index contributed by atoms with van der Waals surface area (Å²) in [5.41, 5.74) is 1.29. The van der Waals surface area contributed by atoms with E-state index >= 15 is 0 Å². The maximum Gasteiger partial charge on any atom is 0.269 e. The summed E-state index contributed by atoms with van der Waals surface area (Å²) in [5.74, 6) is 0.197. The Morgan fingerprint density at radius 2 is 2.03 bits per heavy atom. The van der Waals surface area contributed by atoms with Crippen molar-refractivity contribution in [1.82, 2.24) is 9.91 Å². The molecule has 4 rings (SSSR count). The molecule has 0 bridgehead atoms. The minimum absolute atomic E-state index is 0.0174. The highest BCUT2D eigenvalue weighted by Gasteiger charge is 2.37. The van der Waals surface area contributed by atoms with Crippen LogP contribution in [0.15, 0.2) is 52.2 Å². The minimum Gasteiger partial charge on any atom is -0.467 e. The van der Waals surface area contributed by atoms with Crippen molar-refractivity contribution in [3.05, 3.63) is 64.1 Å². The number of ether oxygens (including phenoxy) is 1. The van der Waals surface area contributed by atoms with Gasteiger partial charge in [0, 0.05) is 38.1 Å². The van der Waals surface area contributed by atoms with Crippen molar-refractivity contribution in [2.75, 3.05) is 26.8 Å². The number of amides is 2. The first kappa shape index (κ1) is 22.7. The van der Waals surface area contributed by atoms with E-state index in [0.29, 0.717) is 36.6 Å². The van der Waals surface area contributed by atoms with Gasteiger partial charge in [0.2, 0.25) is 5.91 Å². The smallest absolute Gasteiger partial charge is 0.269 e. The Hall–Kier alpha value is -3.53. The van der Waals surface area contributed by atoms with Gasteiger partial charge in [-0.2, -0.15) is 5.10 Å². The van der Waals surface area contributed by atoms with E-state index in [1.165, 1.54) is 23.4 Å². The molecule has 0 saturated heterocycles. The molecule has 0 spiro atoms. The minimum atomic E-state index is -0.463. The van der Waals surface area contributed by atoms with Crippen molar-refractivity contribution in [2.45, 2.75) is 31.7 Å². The Labute approximate surface area is 190 Å². The molecule has 2 aromatic rings. The summed E-state index contributed by atoms with van der Waals surface area (Å²) in [5, 5.41) is 16.9. The number of hydrogen-bond donors (Lipinski definition) is 0. The molecule has 33 heavy (non-hydrogen) atoms. The molecule has 2 aliphatic rings. The zero-order valence-corrected chi connectivity index (χ0v) is 18.4. The van der Waals surface area contributed by atoms with Crippen molar-refractivity contribution in [3.8, 4) is 0 Å². The van der Waals surface area contributed by atoms with E-state index in [9.17, 15) is 19.7 Å². The molecule has 10 heteroatoms. The van der Waals surface area contributed by atoms with Crippen LogP contribution in [0.2, 0.25) is 0 Å². The summed E-state index contributed by atoms with van der Waals surface area (Å²) in [7, 11) is 1.56. The fourth-order valence-electron chi connectivity index (χ4n) is 4.01. The van der Waals surface area contributed by atoms with Crippen LogP contribution >= 0.6 is 0 Å². The molecule has 0 unspecified atom stereocenters. The summed E-state index contributed by atoms with van der Waals surface area (Å²) < 4.78 is 10.7. The normalized spacial score (nSPS) is 18.0. The number of hydrogen-bond acceptors (Lipinski definition) is 7. The van der Waals surface area contributed by atoms with E-state index in [-0.39, 0.29) is 30.0 Å². The molecular formula is C23H26N4O6. The van der Waals surface area contributed by atoms with E-state index in [2.05, 4.69) is 5.10 Å². The number of carbonyl (C=O) groups excluding carboxylic acids is 2. The van der Waals surface area contributed by atoms with Crippen LogP contribution < -0.4 is 0 Å². The number of nitrogens with zero attached hydrogens (tertiary/aromatic N) is 4. The highest BCUT2D eigenvalue weighted by molar-refractivity contribution is 6.03. The number of nitro groups is 1. The molecule has 1 fully saturated rings. The number of non-ortho nitro benzene ring substituents is 1. The van der Waals surface area contributed by atoms with Crippen molar-refractivity contribution in [3.63, 3.8) is 0 Å². The van der Waals surface area contributed by atoms with Gasteiger partial charge < -0.3 is 14.1 Å². The first-order valence-corrected chi connectivity index (χ1v) is 10.9. The lowest BCUT2D eigenvalue weighted by Crippen LogP contribution is -2.46. The maximum absolute atomic E-state index is 13.3. The second-order valence-corrected chi connectivity index (χ2v) is 8.20. The van der Waals surface area contributed by atoms with Crippen LogP contribution in [0.5, 0.6) is 0 Å².